The van der Waals surface area contributed by atoms with Crippen LogP contribution in [0.3, 0.4) is 0 Å². The van der Waals surface area contributed by atoms with Gasteiger partial charge in [-0.2, -0.15) is 10.4 Å². The molecule has 0 saturated carbocycles. The van der Waals surface area contributed by atoms with Crippen LogP contribution < -0.4 is 9.75 Å². The highest BCUT2D eigenvalue weighted by Crippen LogP contribution is 2.24. The van der Waals surface area contributed by atoms with Gasteiger partial charge in [0, 0.05) is 6.54 Å². The van der Waals surface area contributed by atoms with Gasteiger partial charge >= 0.3 is 0 Å². The first-order chi connectivity index (χ1) is 11.6. The first kappa shape index (κ1) is 17.8. The maximum absolute atomic E-state index is 9.38. The van der Waals surface area contributed by atoms with Crippen molar-refractivity contribution in [2.45, 2.75) is 20.8 Å². The summed E-state index contributed by atoms with van der Waals surface area (Å²) in [6, 6.07) is 11.5. The highest BCUT2D eigenvalue weighted by molar-refractivity contribution is 6.29. The van der Waals surface area contributed by atoms with Gasteiger partial charge in [0.15, 0.2) is 5.82 Å². The van der Waals surface area contributed by atoms with Gasteiger partial charge in [-0.3, -0.25) is 0 Å². The fourth-order valence-corrected chi connectivity index (χ4v) is 2.42. The van der Waals surface area contributed by atoms with Crippen LogP contribution in [0.15, 0.2) is 35.4 Å². The van der Waals surface area contributed by atoms with Gasteiger partial charge < -0.3 is 4.74 Å². The van der Waals surface area contributed by atoms with Gasteiger partial charge in [-0.1, -0.05) is 11.6 Å². The molecule has 0 aliphatic rings. The molecule has 124 valence electrons. The van der Waals surface area contributed by atoms with Crippen LogP contribution >= 0.6 is 11.6 Å². The summed E-state index contributed by atoms with van der Waals surface area (Å²) in [7, 11) is 0. The molecule has 0 saturated heterocycles. The van der Waals surface area contributed by atoms with Gasteiger partial charge in [-0.15, -0.1) is 0 Å². The van der Waals surface area contributed by atoms with Crippen LogP contribution in [0.5, 0.6) is 5.75 Å². The summed E-state index contributed by atoms with van der Waals surface area (Å²) in [6.45, 7) is 6.91. The third-order valence-electron chi connectivity index (χ3n) is 3.36. The number of hydrogen-bond donors (Lipinski definition) is 0. The van der Waals surface area contributed by atoms with Crippen molar-refractivity contribution in [3.05, 3.63) is 52.2 Å². The molecule has 1 heterocycles. The van der Waals surface area contributed by atoms with Crippen molar-refractivity contribution < 1.29 is 4.74 Å². The first-order valence-corrected chi connectivity index (χ1v) is 8.08. The minimum absolute atomic E-state index is 0.344. The fourth-order valence-electron chi connectivity index (χ4n) is 2.18. The topological polar surface area (TPSA) is 61.5 Å². The van der Waals surface area contributed by atoms with Crippen LogP contribution in [0.2, 0.25) is 5.15 Å². The molecule has 5 nitrogen and oxygen atoms in total. The van der Waals surface area contributed by atoms with E-state index in [0.29, 0.717) is 29.7 Å². The molecule has 0 atom stereocenters. The van der Waals surface area contributed by atoms with Crippen LogP contribution in [0.1, 0.15) is 30.5 Å². The third kappa shape index (κ3) is 4.24. The van der Waals surface area contributed by atoms with Crippen LogP contribution in [0.25, 0.3) is 0 Å². The van der Waals surface area contributed by atoms with Crippen LogP contribution in [-0.2, 0) is 0 Å². The molecule has 24 heavy (non-hydrogen) atoms. The number of hydrogen-bond acceptors (Lipinski definition) is 5. The van der Waals surface area contributed by atoms with Crippen LogP contribution in [-0.4, -0.2) is 24.4 Å². The second-order valence-electron chi connectivity index (χ2n) is 5.03. The van der Waals surface area contributed by atoms with Crippen molar-refractivity contribution in [1.29, 1.82) is 5.26 Å². The Morgan fingerprint density at radius 2 is 2.04 bits per heavy atom. The molecule has 0 spiro atoms. The molecule has 0 aliphatic heterocycles. The molecule has 0 bridgehead atoms. The van der Waals surface area contributed by atoms with Gasteiger partial charge in [0.2, 0.25) is 0 Å². The predicted molar refractivity (Wildman–Crippen MR) is 96.9 cm³/mol. The fraction of sp³-hybridized carbons (Fsp3) is 0.278. The Hall–Kier alpha value is -2.58. The van der Waals surface area contributed by atoms with Crippen molar-refractivity contribution in [3.8, 4) is 11.8 Å². The van der Waals surface area contributed by atoms with E-state index < -0.39 is 0 Å². The molecule has 6 heteroatoms. The molecule has 0 amide bonds. The van der Waals surface area contributed by atoms with Gasteiger partial charge in [0.05, 0.1) is 18.4 Å². The summed E-state index contributed by atoms with van der Waals surface area (Å²) < 4.78 is 5.42. The van der Waals surface area contributed by atoms with Crippen molar-refractivity contribution in [1.82, 2.24) is 4.98 Å². The molecule has 2 rings (SSSR count). The Balaban J connectivity index is 2.28. The number of aryl methyl sites for hydroxylation is 1. The SMILES string of the molecule is CCOc1ccc(C=NN(CC)c2nc(Cl)cc(C)c2C#N)cc1. The Labute approximate surface area is 147 Å². The molecule has 1 aromatic carbocycles. The van der Waals surface area contributed by atoms with E-state index in [1.165, 1.54) is 0 Å². The monoisotopic (exact) mass is 342 g/mol. The summed E-state index contributed by atoms with van der Waals surface area (Å²) in [5, 5.41) is 15.8. The van der Waals surface area contributed by atoms with Gasteiger partial charge in [0.1, 0.15) is 17.0 Å². The number of nitrogens with zero attached hydrogens (tertiary/aromatic N) is 4. The second-order valence-corrected chi connectivity index (χ2v) is 5.42. The molecular weight excluding hydrogens is 324 g/mol. The van der Waals surface area contributed by atoms with Crippen molar-refractivity contribution in [2.75, 3.05) is 18.2 Å². The number of benzene rings is 1. The molecule has 0 N–H and O–H groups in total. The van der Waals surface area contributed by atoms with E-state index in [9.17, 15) is 5.26 Å². The van der Waals surface area contributed by atoms with E-state index in [4.69, 9.17) is 16.3 Å². The zero-order valence-electron chi connectivity index (χ0n) is 14.0. The smallest absolute Gasteiger partial charge is 0.168 e. The van der Waals surface area contributed by atoms with E-state index in [1.54, 1.807) is 17.3 Å². The maximum Gasteiger partial charge on any atom is 0.168 e. The summed E-state index contributed by atoms with van der Waals surface area (Å²) in [5.74, 6) is 1.29. The zero-order valence-corrected chi connectivity index (χ0v) is 14.7. The Kier molecular flexibility index (Phi) is 6.16. The number of aromatic nitrogens is 1. The Morgan fingerprint density at radius 1 is 1.33 bits per heavy atom. The van der Waals surface area contributed by atoms with E-state index >= 15 is 0 Å². The number of pyridine rings is 1. The van der Waals surface area contributed by atoms with E-state index in [0.717, 1.165) is 16.9 Å². The molecular formula is C18H19ClN4O. The van der Waals surface area contributed by atoms with Gasteiger partial charge in [0.25, 0.3) is 0 Å². The molecule has 1 aromatic heterocycles. The van der Waals surface area contributed by atoms with Gasteiger partial charge in [-0.25, -0.2) is 9.99 Å². The largest absolute Gasteiger partial charge is 0.494 e. The molecule has 0 fully saturated rings. The quantitative estimate of drug-likeness (QED) is 0.449. The van der Waals surface area contributed by atoms with Crippen molar-refractivity contribution in [2.24, 2.45) is 5.10 Å². The summed E-state index contributed by atoms with van der Waals surface area (Å²) >= 11 is 6.03. The first-order valence-electron chi connectivity index (χ1n) is 7.70. The minimum atomic E-state index is 0.344. The molecule has 0 radical (unpaired) electrons. The van der Waals surface area contributed by atoms with Gasteiger partial charge in [-0.05, 0) is 62.2 Å². The third-order valence-corrected chi connectivity index (χ3v) is 3.55. The number of ether oxygens (including phenoxy) is 1. The predicted octanol–water partition coefficient (Wildman–Crippen LogP) is 4.17. The average molecular weight is 343 g/mol. The maximum atomic E-state index is 9.38. The number of rotatable bonds is 6. The second kappa shape index (κ2) is 8.32. The lowest BCUT2D eigenvalue weighted by Gasteiger charge is -2.18. The number of hydrazone groups is 1. The molecule has 0 aliphatic carbocycles. The lowest BCUT2D eigenvalue weighted by Crippen LogP contribution is -2.19. The highest BCUT2D eigenvalue weighted by atomic mass is 35.5. The minimum Gasteiger partial charge on any atom is -0.494 e. The summed E-state index contributed by atoms with van der Waals surface area (Å²) in [6.07, 6.45) is 1.72. The lowest BCUT2D eigenvalue weighted by molar-refractivity contribution is 0.340. The summed E-state index contributed by atoms with van der Waals surface area (Å²) in [4.78, 5) is 4.26. The standard InChI is InChI=1S/C18H19ClN4O/c1-4-23(18-16(11-20)13(3)10-17(19)22-18)21-12-14-6-8-15(9-7-14)24-5-2/h6-10,12H,4-5H2,1-3H3. The van der Waals surface area contributed by atoms with Crippen molar-refractivity contribution in [3.63, 3.8) is 0 Å². The Morgan fingerprint density at radius 3 is 2.62 bits per heavy atom. The lowest BCUT2D eigenvalue weighted by atomic mass is 10.1. The van der Waals surface area contributed by atoms with Crippen LogP contribution in [0.4, 0.5) is 5.82 Å². The molecule has 0 unspecified atom stereocenters. The van der Waals surface area contributed by atoms with Crippen LogP contribution in [0, 0.1) is 18.3 Å². The van der Waals surface area contributed by atoms with E-state index in [-0.39, 0.29) is 0 Å². The van der Waals surface area contributed by atoms with Crippen molar-refractivity contribution >= 4 is 23.6 Å². The normalized spacial score (nSPS) is 10.6. The average Bonchev–Trinajstić information content (AvgIpc) is 2.57. The molecule has 2 aromatic rings. The van der Waals surface area contributed by atoms with E-state index in [2.05, 4.69) is 16.2 Å². The summed E-state index contributed by atoms with van der Waals surface area (Å²) in [5.41, 5.74) is 2.18. The zero-order chi connectivity index (χ0) is 17.5. The van der Waals surface area contributed by atoms with E-state index in [1.807, 2.05) is 45.0 Å². The number of halogens is 1. The highest BCUT2D eigenvalue weighted by Gasteiger charge is 2.14. The number of nitriles is 1. The number of anilines is 1. The Bertz CT molecular complexity index is 766.